The molecule has 0 bridgehead atoms. The lowest BCUT2D eigenvalue weighted by atomic mass is 9.98. The number of amides is 1. The number of amidine groups is 1. The first kappa shape index (κ1) is 19.2. The summed E-state index contributed by atoms with van der Waals surface area (Å²) in [6, 6.07) is -0.792. The lowest BCUT2D eigenvalue weighted by Gasteiger charge is -2.42. The maximum absolute atomic E-state index is 11.3. The predicted octanol–water partition coefficient (Wildman–Crippen LogP) is -1.57. The summed E-state index contributed by atoms with van der Waals surface area (Å²) in [5, 5.41) is 31.8. The van der Waals surface area contributed by atoms with Crippen molar-refractivity contribution in [3.63, 3.8) is 0 Å². The molecule has 0 aromatic heterocycles. The fourth-order valence-electron chi connectivity index (χ4n) is 2.08. The minimum atomic E-state index is -1.27. The van der Waals surface area contributed by atoms with E-state index in [0.717, 1.165) is 6.42 Å². The summed E-state index contributed by atoms with van der Waals surface area (Å²) in [6.07, 6.45) is -2.53. The van der Waals surface area contributed by atoms with E-state index in [1.807, 2.05) is 6.92 Å². The lowest BCUT2D eigenvalue weighted by Crippen LogP contribution is -2.63. The van der Waals surface area contributed by atoms with Crippen LogP contribution in [-0.2, 0) is 9.53 Å². The summed E-state index contributed by atoms with van der Waals surface area (Å²) >= 11 is 1.26. The zero-order chi connectivity index (χ0) is 16.7. The lowest BCUT2D eigenvalue weighted by molar-refractivity contribution is -0.173. The van der Waals surface area contributed by atoms with Crippen LogP contribution in [0.2, 0.25) is 0 Å². The van der Waals surface area contributed by atoms with Crippen LogP contribution >= 0.6 is 11.8 Å². The fraction of sp³-hybridized carbons (Fsp3) is 0.846. The first-order valence-electron chi connectivity index (χ1n) is 7.20. The number of hydrogen-bond acceptors (Lipinski definition) is 7. The first-order valence-corrected chi connectivity index (χ1v) is 8.25. The number of nitrogens with two attached hydrogens (primary N) is 1. The topological polar surface area (TPSA) is 137 Å². The van der Waals surface area contributed by atoms with Crippen molar-refractivity contribution in [1.29, 1.82) is 0 Å². The first-order chi connectivity index (χ1) is 10.4. The van der Waals surface area contributed by atoms with Gasteiger partial charge in [-0.3, -0.25) is 9.79 Å². The van der Waals surface area contributed by atoms with E-state index >= 15 is 0 Å². The Morgan fingerprint density at radius 1 is 1.41 bits per heavy atom. The van der Waals surface area contributed by atoms with Gasteiger partial charge >= 0.3 is 0 Å². The monoisotopic (exact) mass is 335 g/mol. The van der Waals surface area contributed by atoms with E-state index in [9.17, 15) is 20.1 Å². The SMILES string of the molecule is CCCN=C(N)CSC1OC(CO)C(O)C(O)C1NC(C)=O. The van der Waals surface area contributed by atoms with Crippen molar-refractivity contribution in [2.75, 3.05) is 18.9 Å². The highest BCUT2D eigenvalue weighted by Crippen LogP contribution is 2.28. The van der Waals surface area contributed by atoms with Crippen molar-refractivity contribution in [2.24, 2.45) is 10.7 Å². The molecule has 1 rings (SSSR count). The Hall–Kier alpha value is -0.870. The molecule has 1 aliphatic heterocycles. The molecule has 6 N–H and O–H groups in total. The molecule has 0 aromatic rings. The Morgan fingerprint density at radius 3 is 2.64 bits per heavy atom. The number of aliphatic imine (C=N–C) groups is 1. The van der Waals surface area contributed by atoms with Crippen molar-refractivity contribution < 1.29 is 24.9 Å². The fourth-order valence-corrected chi connectivity index (χ4v) is 3.17. The van der Waals surface area contributed by atoms with Crippen molar-refractivity contribution in [3.05, 3.63) is 0 Å². The molecule has 0 aliphatic carbocycles. The summed E-state index contributed by atoms with van der Waals surface area (Å²) in [4.78, 5) is 15.4. The van der Waals surface area contributed by atoms with Gasteiger partial charge in [0.15, 0.2) is 0 Å². The largest absolute Gasteiger partial charge is 0.394 e. The highest BCUT2D eigenvalue weighted by atomic mass is 32.2. The summed E-state index contributed by atoms with van der Waals surface area (Å²) in [5.74, 6) is 0.459. The number of hydrogen-bond donors (Lipinski definition) is 5. The van der Waals surface area contributed by atoms with Gasteiger partial charge in [0.2, 0.25) is 5.91 Å². The number of carbonyl (C=O) groups excluding carboxylic acids is 1. The molecule has 1 aliphatic rings. The molecule has 1 fully saturated rings. The zero-order valence-corrected chi connectivity index (χ0v) is 13.6. The van der Waals surface area contributed by atoms with Crippen LogP contribution in [0.15, 0.2) is 4.99 Å². The van der Waals surface area contributed by atoms with Crippen molar-refractivity contribution in [2.45, 2.75) is 50.1 Å². The maximum Gasteiger partial charge on any atom is 0.217 e. The van der Waals surface area contributed by atoms with E-state index in [0.29, 0.717) is 18.1 Å². The maximum atomic E-state index is 11.3. The molecule has 8 nitrogen and oxygen atoms in total. The number of nitrogens with zero attached hydrogens (tertiary/aromatic N) is 1. The van der Waals surface area contributed by atoms with Gasteiger partial charge in [-0.2, -0.15) is 0 Å². The van der Waals surface area contributed by atoms with Crippen LogP contribution in [0.3, 0.4) is 0 Å². The average molecular weight is 335 g/mol. The van der Waals surface area contributed by atoms with E-state index in [1.165, 1.54) is 18.7 Å². The molecule has 0 spiro atoms. The standard InChI is InChI=1S/C13H25N3O5S/c1-3-4-15-9(14)6-22-13-10(16-7(2)18)12(20)11(19)8(5-17)21-13/h8,10-13,17,19-20H,3-6H2,1-2H3,(H2,14,15)(H,16,18). The number of aliphatic hydroxyl groups is 3. The van der Waals surface area contributed by atoms with Crippen LogP contribution in [0.1, 0.15) is 20.3 Å². The number of rotatable bonds is 7. The van der Waals surface area contributed by atoms with Gasteiger partial charge in [-0.15, -0.1) is 11.8 Å². The third-order valence-electron chi connectivity index (χ3n) is 3.18. The Balaban J connectivity index is 2.74. The van der Waals surface area contributed by atoms with E-state index in [1.54, 1.807) is 0 Å². The molecular weight excluding hydrogens is 310 g/mol. The third-order valence-corrected chi connectivity index (χ3v) is 4.38. The van der Waals surface area contributed by atoms with Gasteiger partial charge in [0.25, 0.3) is 0 Å². The van der Waals surface area contributed by atoms with E-state index in [2.05, 4.69) is 10.3 Å². The second-order valence-corrected chi connectivity index (χ2v) is 6.20. The molecule has 1 saturated heterocycles. The third kappa shape index (κ3) is 5.40. The molecule has 0 radical (unpaired) electrons. The molecule has 1 amide bonds. The van der Waals surface area contributed by atoms with Crippen LogP contribution in [-0.4, -0.2) is 75.8 Å². The predicted molar refractivity (Wildman–Crippen MR) is 84.6 cm³/mol. The molecule has 1 heterocycles. The van der Waals surface area contributed by atoms with Gasteiger partial charge in [-0.1, -0.05) is 6.92 Å². The Labute approximate surface area is 134 Å². The quantitative estimate of drug-likeness (QED) is 0.280. The van der Waals surface area contributed by atoms with Crippen LogP contribution < -0.4 is 11.1 Å². The molecule has 9 heteroatoms. The van der Waals surface area contributed by atoms with Crippen LogP contribution in [0, 0.1) is 0 Å². The minimum absolute atomic E-state index is 0.347. The van der Waals surface area contributed by atoms with Gasteiger partial charge in [-0.05, 0) is 6.42 Å². The summed E-state index contributed by atoms with van der Waals surface area (Å²) < 4.78 is 5.56. The Bertz CT molecular complexity index is 396. The molecule has 5 atom stereocenters. The van der Waals surface area contributed by atoms with Gasteiger partial charge in [0.05, 0.1) is 18.4 Å². The van der Waals surface area contributed by atoms with Crippen LogP contribution in [0.25, 0.3) is 0 Å². The zero-order valence-electron chi connectivity index (χ0n) is 12.8. The molecule has 0 aromatic carbocycles. The second kappa shape index (κ2) is 9.31. The highest BCUT2D eigenvalue weighted by molar-refractivity contribution is 8.00. The van der Waals surface area contributed by atoms with Gasteiger partial charge in [-0.25, -0.2) is 0 Å². The summed E-state index contributed by atoms with van der Waals surface area (Å²) in [7, 11) is 0. The number of thioether (sulfide) groups is 1. The number of nitrogens with one attached hydrogen (secondary N) is 1. The highest BCUT2D eigenvalue weighted by Gasteiger charge is 2.44. The smallest absolute Gasteiger partial charge is 0.217 e. The van der Waals surface area contributed by atoms with E-state index in [-0.39, 0.29) is 5.91 Å². The molecule has 5 unspecified atom stereocenters. The normalized spacial score (nSPS) is 32.8. The van der Waals surface area contributed by atoms with Crippen molar-refractivity contribution in [3.8, 4) is 0 Å². The number of carbonyl (C=O) groups is 1. The number of aliphatic hydroxyl groups excluding tert-OH is 3. The van der Waals surface area contributed by atoms with E-state index in [4.69, 9.17) is 10.5 Å². The number of ether oxygens (including phenoxy) is 1. The van der Waals surface area contributed by atoms with Crippen LogP contribution in [0.4, 0.5) is 0 Å². The van der Waals surface area contributed by atoms with Crippen molar-refractivity contribution >= 4 is 23.5 Å². The van der Waals surface area contributed by atoms with Gasteiger partial charge < -0.3 is 31.1 Å². The average Bonchev–Trinajstić information content (AvgIpc) is 2.48. The summed E-state index contributed by atoms with van der Waals surface area (Å²) in [6.45, 7) is 3.51. The van der Waals surface area contributed by atoms with Crippen LogP contribution in [0.5, 0.6) is 0 Å². The van der Waals surface area contributed by atoms with Crippen molar-refractivity contribution in [1.82, 2.24) is 5.32 Å². The molecule has 22 heavy (non-hydrogen) atoms. The molecule has 128 valence electrons. The Morgan fingerprint density at radius 2 is 2.09 bits per heavy atom. The summed E-state index contributed by atoms with van der Waals surface area (Å²) in [5.41, 5.74) is 5.13. The second-order valence-electron chi connectivity index (χ2n) is 5.12. The molecule has 0 saturated carbocycles. The van der Waals surface area contributed by atoms with Gasteiger partial charge in [0, 0.05) is 13.5 Å². The molecular formula is C13H25N3O5S. The van der Waals surface area contributed by atoms with Gasteiger partial charge in [0.1, 0.15) is 29.6 Å². The minimum Gasteiger partial charge on any atom is -0.394 e. The Kier molecular flexibility index (Phi) is 8.12. The van der Waals surface area contributed by atoms with E-state index < -0.39 is 36.4 Å².